The van der Waals surface area contributed by atoms with Crippen LogP contribution in [0.1, 0.15) is 58.7 Å². The highest BCUT2D eigenvalue weighted by atomic mass is 19.4. The minimum absolute atomic E-state index is 0.0783. The molecule has 0 fully saturated rings. The zero-order valence-electron chi connectivity index (χ0n) is 18.4. The molecule has 0 aromatic heterocycles. The van der Waals surface area contributed by atoms with E-state index in [1.54, 1.807) is 32.9 Å². The largest absolute Gasteiger partial charge is 0.444 e. The molecule has 1 heterocycles. The number of carbonyl (C=O) groups excluding carboxylic acids is 3. The highest BCUT2D eigenvalue weighted by Crippen LogP contribution is 2.36. The Hall–Kier alpha value is -3.43. The normalized spacial score (nSPS) is 14.8. The van der Waals surface area contributed by atoms with Gasteiger partial charge in [0.2, 0.25) is 0 Å². The number of imide groups is 1. The molecular formula is C23H22F4N2O4. The lowest BCUT2D eigenvalue weighted by molar-refractivity contribution is -0.140. The van der Waals surface area contributed by atoms with E-state index in [0.29, 0.717) is 12.1 Å². The van der Waals surface area contributed by atoms with Gasteiger partial charge in [-0.05, 0) is 50.6 Å². The number of halogens is 4. The van der Waals surface area contributed by atoms with Gasteiger partial charge in [-0.15, -0.1) is 0 Å². The molecule has 176 valence electrons. The van der Waals surface area contributed by atoms with Crippen molar-refractivity contribution in [1.29, 1.82) is 0 Å². The molecule has 1 aliphatic heterocycles. The molecule has 0 radical (unpaired) electrons. The van der Waals surface area contributed by atoms with Crippen LogP contribution in [0.5, 0.6) is 0 Å². The number of rotatable bonds is 4. The molecule has 0 aliphatic carbocycles. The van der Waals surface area contributed by atoms with Crippen LogP contribution < -0.4 is 0 Å². The van der Waals surface area contributed by atoms with Crippen LogP contribution in [-0.4, -0.2) is 46.9 Å². The van der Waals surface area contributed by atoms with Gasteiger partial charge in [-0.1, -0.05) is 18.2 Å². The van der Waals surface area contributed by atoms with E-state index in [9.17, 15) is 31.9 Å². The summed E-state index contributed by atoms with van der Waals surface area (Å²) < 4.78 is 58.7. The van der Waals surface area contributed by atoms with Crippen LogP contribution in [0.15, 0.2) is 42.5 Å². The van der Waals surface area contributed by atoms with Crippen molar-refractivity contribution >= 4 is 17.9 Å². The summed E-state index contributed by atoms with van der Waals surface area (Å²) in [7, 11) is 1.35. The molecule has 33 heavy (non-hydrogen) atoms. The minimum atomic E-state index is -4.92. The van der Waals surface area contributed by atoms with Gasteiger partial charge in [-0.3, -0.25) is 14.5 Å². The summed E-state index contributed by atoms with van der Waals surface area (Å²) in [6.07, 6.45) is -5.70. The second-order valence-electron chi connectivity index (χ2n) is 8.64. The molecule has 2 aromatic rings. The Kier molecular flexibility index (Phi) is 6.23. The first kappa shape index (κ1) is 24.2. The Morgan fingerprint density at radius 2 is 1.58 bits per heavy atom. The number of fused-ring (bicyclic) bond motifs is 1. The van der Waals surface area contributed by atoms with E-state index >= 15 is 0 Å². The van der Waals surface area contributed by atoms with Gasteiger partial charge in [-0.2, -0.15) is 13.2 Å². The average molecular weight is 466 g/mol. The van der Waals surface area contributed by atoms with Crippen molar-refractivity contribution in [2.45, 2.75) is 38.6 Å². The van der Waals surface area contributed by atoms with E-state index in [4.69, 9.17) is 4.74 Å². The van der Waals surface area contributed by atoms with Crippen molar-refractivity contribution in [1.82, 2.24) is 9.80 Å². The standard InChI is InChI=1S/C23H22F4N2O4/c1-22(2,3)33-21(32)28(4)12-18(13-9-10-16(17(24)11-13)23(25,26)27)29-19(30)14-7-5-6-8-15(14)20(29)31/h5-11,18H,12H2,1-4H3/t18-/m1/s1. The maximum absolute atomic E-state index is 14.4. The van der Waals surface area contributed by atoms with Crippen LogP contribution >= 0.6 is 0 Å². The number of alkyl halides is 3. The number of likely N-dealkylation sites (N-methyl/N-ethyl adjacent to an activating group) is 1. The van der Waals surface area contributed by atoms with Gasteiger partial charge >= 0.3 is 12.3 Å². The highest BCUT2D eigenvalue weighted by molar-refractivity contribution is 6.21. The second kappa shape index (κ2) is 8.49. The zero-order valence-corrected chi connectivity index (χ0v) is 18.4. The Morgan fingerprint density at radius 3 is 2.03 bits per heavy atom. The Morgan fingerprint density at radius 1 is 1.03 bits per heavy atom. The first-order chi connectivity index (χ1) is 15.2. The minimum Gasteiger partial charge on any atom is -0.444 e. The van der Waals surface area contributed by atoms with Crippen molar-refractivity contribution < 1.29 is 36.7 Å². The predicted molar refractivity (Wildman–Crippen MR) is 110 cm³/mol. The number of benzene rings is 2. The molecule has 0 N–H and O–H groups in total. The lowest BCUT2D eigenvalue weighted by Gasteiger charge is -2.32. The van der Waals surface area contributed by atoms with Crippen molar-refractivity contribution in [3.8, 4) is 0 Å². The number of carbonyl (C=O) groups is 3. The molecule has 2 aromatic carbocycles. The number of amides is 3. The van der Waals surface area contributed by atoms with E-state index < -0.39 is 47.1 Å². The summed E-state index contributed by atoms with van der Waals surface area (Å²) in [5, 5.41) is 0. The highest BCUT2D eigenvalue weighted by Gasteiger charge is 2.42. The van der Waals surface area contributed by atoms with Gasteiger partial charge in [-0.25, -0.2) is 9.18 Å². The third-order valence-electron chi connectivity index (χ3n) is 4.97. The van der Waals surface area contributed by atoms with Crippen LogP contribution in [-0.2, 0) is 10.9 Å². The van der Waals surface area contributed by atoms with Gasteiger partial charge in [0.15, 0.2) is 0 Å². The summed E-state index contributed by atoms with van der Waals surface area (Å²) >= 11 is 0. The number of hydrogen-bond acceptors (Lipinski definition) is 4. The van der Waals surface area contributed by atoms with Crippen molar-refractivity contribution in [3.63, 3.8) is 0 Å². The van der Waals surface area contributed by atoms with Crippen molar-refractivity contribution in [3.05, 3.63) is 70.5 Å². The molecule has 0 saturated heterocycles. The topological polar surface area (TPSA) is 66.9 Å². The Balaban J connectivity index is 2.03. The zero-order chi connectivity index (χ0) is 24.7. The fraction of sp³-hybridized carbons (Fsp3) is 0.348. The van der Waals surface area contributed by atoms with Crippen molar-refractivity contribution in [2.75, 3.05) is 13.6 Å². The second-order valence-corrected chi connectivity index (χ2v) is 8.64. The third-order valence-corrected chi connectivity index (χ3v) is 4.97. The van der Waals surface area contributed by atoms with Crippen LogP contribution in [0.2, 0.25) is 0 Å². The van der Waals surface area contributed by atoms with Gasteiger partial charge in [0, 0.05) is 13.6 Å². The lowest BCUT2D eigenvalue weighted by Crippen LogP contribution is -2.43. The number of hydrogen-bond donors (Lipinski definition) is 0. The molecule has 0 unspecified atom stereocenters. The Labute approximate surface area is 187 Å². The van der Waals surface area contributed by atoms with E-state index in [2.05, 4.69) is 0 Å². The average Bonchev–Trinajstić information content (AvgIpc) is 2.94. The molecule has 1 atom stereocenters. The fourth-order valence-electron chi connectivity index (χ4n) is 3.47. The summed E-state index contributed by atoms with van der Waals surface area (Å²) in [5.41, 5.74) is -2.17. The maximum atomic E-state index is 14.4. The molecule has 0 saturated carbocycles. The number of ether oxygens (including phenoxy) is 1. The molecular weight excluding hydrogens is 444 g/mol. The number of nitrogens with zero attached hydrogens (tertiary/aromatic N) is 2. The molecule has 0 spiro atoms. The van der Waals surface area contributed by atoms with Crippen molar-refractivity contribution in [2.24, 2.45) is 0 Å². The van der Waals surface area contributed by atoms with Gasteiger partial charge < -0.3 is 9.64 Å². The quantitative estimate of drug-likeness (QED) is 0.467. The van der Waals surface area contributed by atoms with Crippen LogP contribution in [0.3, 0.4) is 0 Å². The fourth-order valence-corrected chi connectivity index (χ4v) is 3.47. The third kappa shape index (κ3) is 4.99. The van der Waals surface area contributed by atoms with E-state index in [1.807, 2.05) is 0 Å². The lowest BCUT2D eigenvalue weighted by atomic mass is 10.0. The van der Waals surface area contributed by atoms with E-state index in [0.717, 1.165) is 15.9 Å². The predicted octanol–water partition coefficient (Wildman–Crippen LogP) is 5.05. The van der Waals surface area contributed by atoms with Crippen LogP contribution in [0, 0.1) is 5.82 Å². The molecule has 1 aliphatic rings. The summed E-state index contributed by atoms with van der Waals surface area (Å²) in [6, 6.07) is 6.91. The van der Waals surface area contributed by atoms with Crippen LogP contribution in [0.25, 0.3) is 0 Å². The van der Waals surface area contributed by atoms with Gasteiger partial charge in [0.25, 0.3) is 11.8 Å². The first-order valence-corrected chi connectivity index (χ1v) is 9.98. The van der Waals surface area contributed by atoms with E-state index in [-0.39, 0.29) is 23.2 Å². The van der Waals surface area contributed by atoms with Gasteiger partial charge in [0.1, 0.15) is 11.4 Å². The van der Waals surface area contributed by atoms with Crippen LogP contribution in [0.4, 0.5) is 22.4 Å². The summed E-state index contributed by atoms with van der Waals surface area (Å²) in [4.78, 5) is 40.4. The first-order valence-electron chi connectivity index (χ1n) is 9.98. The molecule has 3 rings (SSSR count). The SMILES string of the molecule is CN(C[C@H](c1ccc(C(F)(F)F)c(F)c1)N1C(=O)c2ccccc2C1=O)C(=O)OC(C)(C)C. The molecule has 6 nitrogen and oxygen atoms in total. The summed E-state index contributed by atoms with van der Waals surface area (Å²) in [5.74, 6) is -2.95. The maximum Gasteiger partial charge on any atom is 0.419 e. The van der Waals surface area contributed by atoms with Gasteiger partial charge in [0.05, 0.1) is 22.7 Å². The molecule has 0 bridgehead atoms. The summed E-state index contributed by atoms with van der Waals surface area (Å²) in [6.45, 7) is 4.61. The smallest absolute Gasteiger partial charge is 0.419 e. The monoisotopic (exact) mass is 466 g/mol. The van der Waals surface area contributed by atoms with E-state index in [1.165, 1.54) is 19.2 Å². The Bertz CT molecular complexity index is 1070. The molecule has 3 amide bonds. The molecule has 10 heteroatoms.